The summed E-state index contributed by atoms with van der Waals surface area (Å²) in [5, 5.41) is 0. The van der Waals surface area contributed by atoms with Crippen LogP contribution in [0.4, 0.5) is 0 Å². The Morgan fingerprint density at radius 2 is 1.56 bits per heavy atom. The average molecular weight is 347 g/mol. The lowest BCUT2D eigenvalue weighted by molar-refractivity contribution is 0.391. The molecule has 1 saturated carbocycles. The van der Waals surface area contributed by atoms with E-state index in [1.54, 1.807) is 0 Å². The van der Waals surface area contributed by atoms with Crippen molar-refractivity contribution in [1.82, 2.24) is 0 Å². The first-order chi connectivity index (χ1) is 12.0. The number of allylic oxidation sites excluding steroid dienone is 1. The standard InChI is InChI=1S/C25H46/c1-6-13-21(2)14-10-8-7-9-11-15-22(3)16-12-17-23(4)18-19-25-20-24(25)5/h8,14,21-25H,6-7,9,11-13,15-20H2,1-5H3. The summed E-state index contributed by atoms with van der Waals surface area (Å²) in [6.07, 6.45) is 21.2. The highest BCUT2D eigenvalue weighted by molar-refractivity contribution is 4.88. The Bertz CT molecular complexity index is 373. The normalized spacial score (nSPS) is 22.8. The molecule has 1 fully saturated rings. The topological polar surface area (TPSA) is 0 Å². The maximum absolute atomic E-state index is 3.38. The van der Waals surface area contributed by atoms with Crippen LogP contribution < -0.4 is 0 Å². The minimum absolute atomic E-state index is 0.691. The molecule has 0 saturated heterocycles. The minimum Gasteiger partial charge on any atom is -0.129 e. The first-order valence-corrected chi connectivity index (χ1v) is 11.4. The van der Waals surface area contributed by atoms with Crippen molar-refractivity contribution in [2.75, 3.05) is 0 Å². The van der Waals surface area contributed by atoms with Crippen molar-refractivity contribution >= 4 is 0 Å². The summed E-state index contributed by atoms with van der Waals surface area (Å²) in [5.74, 6) is 4.68. The van der Waals surface area contributed by atoms with Crippen LogP contribution in [0.3, 0.4) is 0 Å². The fourth-order valence-electron chi connectivity index (χ4n) is 4.00. The largest absolute Gasteiger partial charge is 0.129 e. The highest BCUT2D eigenvalue weighted by Crippen LogP contribution is 2.42. The third-order valence-corrected chi connectivity index (χ3v) is 6.24. The van der Waals surface area contributed by atoms with Crippen LogP contribution in [0.2, 0.25) is 0 Å². The van der Waals surface area contributed by atoms with Gasteiger partial charge in [0.1, 0.15) is 0 Å². The zero-order chi connectivity index (χ0) is 18.5. The van der Waals surface area contributed by atoms with E-state index in [2.05, 4.69) is 52.5 Å². The highest BCUT2D eigenvalue weighted by atomic mass is 14.4. The van der Waals surface area contributed by atoms with E-state index in [4.69, 9.17) is 0 Å². The number of rotatable bonds is 15. The van der Waals surface area contributed by atoms with Crippen LogP contribution in [0.1, 0.15) is 112 Å². The molecule has 0 amide bonds. The van der Waals surface area contributed by atoms with Crippen molar-refractivity contribution < 1.29 is 0 Å². The molecule has 0 heteroatoms. The Labute approximate surface area is 159 Å². The van der Waals surface area contributed by atoms with Crippen LogP contribution in [-0.4, -0.2) is 0 Å². The lowest BCUT2D eigenvalue weighted by atomic mass is 9.92. The Morgan fingerprint density at radius 3 is 2.20 bits per heavy atom. The summed E-state index contributed by atoms with van der Waals surface area (Å²) in [4.78, 5) is 0. The maximum atomic E-state index is 3.38. The third-order valence-electron chi connectivity index (χ3n) is 6.24. The molecule has 0 aliphatic heterocycles. The number of hydrogen-bond donors (Lipinski definition) is 0. The smallest absolute Gasteiger partial charge is 0.0186 e. The first-order valence-electron chi connectivity index (χ1n) is 11.4. The average Bonchev–Trinajstić information content (AvgIpc) is 3.28. The molecule has 0 bridgehead atoms. The van der Waals surface area contributed by atoms with E-state index in [1.165, 1.54) is 77.0 Å². The number of hydrogen-bond acceptors (Lipinski definition) is 0. The molecule has 0 aromatic heterocycles. The van der Waals surface area contributed by atoms with Gasteiger partial charge in [-0.2, -0.15) is 0 Å². The monoisotopic (exact) mass is 346 g/mol. The van der Waals surface area contributed by atoms with Gasteiger partial charge >= 0.3 is 0 Å². The van der Waals surface area contributed by atoms with Gasteiger partial charge in [-0.1, -0.05) is 79.6 Å². The van der Waals surface area contributed by atoms with Crippen LogP contribution in [0, 0.1) is 29.6 Å². The molecule has 5 unspecified atom stereocenters. The van der Waals surface area contributed by atoms with Gasteiger partial charge in [0.15, 0.2) is 0 Å². The molecule has 25 heavy (non-hydrogen) atoms. The molecular formula is C25H46. The zero-order valence-electron chi connectivity index (χ0n) is 18.0. The van der Waals surface area contributed by atoms with E-state index in [-0.39, 0.29) is 0 Å². The van der Waals surface area contributed by atoms with Crippen LogP contribution in [-0.2, 0) is 0 Å². The quantitative estimate of drug-likeness (QED) is 0.206. The predicted octanol–water partition coefficient (Wildman–Crippen LogP) is 8.57. The van der Waals surface area contributed by atoms with Crippen molar-refractivity contribution in [2.24, 2.45) is 29.6 Å². The molecule has 0 spiro atoms. The Kier molecular flexibility index (Phi) is 12.4. The van der Waals surface area contributed by atoms with E-state index in [0.29, 0.717) is 5.92 Å². The van der Waals surface area contributed by atoms with Crippen molar-refractivity contribution in [1.29, 1.82) is 0 Å². The molecule has 0 heterocycles. The molecule has 0 aromatic carbocycles. The van der Waals surface area contributed by atoms with Crippen molar-refractivity contribution in [3.63, 3.8) is 0 Å². The molecule has 5 atom stereocenters. The van der Waals surface area contributed by atoms with Crippen molar-refractivity contribution in [3.8, 4) is 0 Å². The molecule has 146 valence electrons. The molecule has 1 aliphatic carbocycles. The number of unbranched alkanes of at least 4 members (excludes halogenated alkanes) is 2. The summed E-state index contributed by atoms with van der Waals surface area (Å²) >= 11 is 0. The van der Waals surface area contributed by atoms with Gasteiger partial charge in [0.05, 0.1) is 0 Å². The molecule has 0 nitrogen and oxygen atoms in total. The summed E-state index contributed by atoms with van der Waals surface area (Å²) in [6.45, 7) is 11.9. The van der Waals surface area contributed by atoms with Gasteiger partial charge < -0.3 is 0 Å². The van der Waals surface area contributed by atoms with Crippen LogP contribution in [0.15, 0.2) is 17.9 Å². The third kappa shape index (κ3) is 12.5. The SMILES string of the molecule is CCCC(C)C=C=CCCCCC(C)CCCC(C)CCC1CC1C. The van der Waals surface area contributed by atoms with Crippen LogP contribution in [0.5, 0.6) is 0 Å². The predicted molar refractivity (Wildman–Crippen MR) is 114 cm³/mol. The van der Waals surface area contributed by atoms with Crippen molar-refractivity contribution in [2.45, 2.75) is 112 Å². The Balaban J connectivity index is 1.92. The van der Waals surface area contributed by atoms with E-state index in [9.17, 15) is 0 Å². The maximum Gasteiger partial charge on any atom is -0.0186 e. The van der Waals surface area contributed by atoms with Crippen molar-refractivity contribution in [3.05, 3.63) is 17.9 Å². The second kappa shape index (κ2) is 13.7. The first kappa shape index (κ1) is 22.6. The van der Waals surface area contributed by atoms with Crippen LogP contribution in [0.25, 0.3) is 0 Å². The van der Waals surface area contributed by atoms with Gasteiger partial charge in [-0.3, -0.25) is 0 Å². The van der Waals surface area contributed by atoms with Crippen LogP contribution >= 0.6 is 0 Å². The van der Waals surface area contributed by atoms with E-state index in [1.807, 2.05) is 0 Å². The highest BCUT2D eigenvalue weighted by Gasteiger charge is 2.31. The summed E-state index contributed by atoms with van der Waals surface area (Å²) in [7, 11) is 0. The Morgan fingerprint density at radius 1 is 0.920 bits per heavy atom. The second-order valence-electron chi connectivity index (χ2n) is 9.28. The lowest BCUT2D eigenvalue weighted by Gasteiger charge is -2.14. The van der Waals surface area contributed by atoms with E-state index < -0.39 is 0 Å². The fraction of sp³-hybridized carbons (Fsp3) is 0.880. The molecule has 0 radical (unpaired) electrons. The zero-order valence-corrected chi connectivity index (χ0v) is 18.0. The second-order valence-corrected chi connectivity index (χ2v) is 9.28. The Hall–Kier alpha value is -0.480. The van der Waals surface area contributed by atoms with Gasteiger partial charge in [0.25, 0.3) is 0 Å². The summed E-state index contributed by atoms with van der Waals surface area (Å²) in [5.41, 5.74) is 3.38. The van der Waals surface area contributed by atoms with Gasteiger partial charge in [0, 0.05) is 0 Å². The lowest BCUT2D eigenvalue weighted by Crippen LogP contribution is -2.00. The molecule has 0 N–H and O–H groups in total. The summed E-state index contributed by atoms with van der Waals surface area (Å²) < 4.78 is 0. The molecule has 1 aliphatic rings. The van der Waals surface area contributed by atoms with Gasteiger partial charge in [-0.15, -0.1) is 5.73 Å². The van der Waals surface area contributed by atoms with Gasteiger partial charge in [-0.05, 0) is 73.8 Å². The van der Waals surface area contributed by atoms with Gasteiger partial charge in [-0.25, -0.2) is 0 Å². The minimum atomic E-state index is 0.691. The van der Waals surface area contributed by atoms with E-state index >= 15 is 0 Å². The fourth-order valence-corrected chi connectivity index (χ4v) is 4.00. The molecular weight excluding hydrogens is 300 g/mol. The van der Waals surface area contributed by atoms with E-state index in [0.717, 1.165) is 23.7 Å². The molecule has 0 aromatic rings. The van der Waals surface area contributed by atoms with Gasteiger partial charge in [0.2, 0.25) is 0 Å². The molecule has 1 rings (SSSR count). The summed E-state index contributed by atoms with van der Waals surface area (Å²) in [6, 6.07) is 0.